The van der Waals surface area contributed by atoms with Crippen LogP contribution < -0.4 is 4.84 Å². The average Bonchev–Trinajstić information content (AvgIpc) is 2.86. The molecule has 1 aromatic heterocycles. The highest BCUT2D eigenvalue weighted by atomic mass is 35.5. The van der Waals surface area contributed by atoms with Gasteiger partial charge in [0.1, 0.15) is 6.10 Å². The summed E-state index contributed by atoms with van der Waals surface area (Å²) in [5.41, 5.74) is 2.06. The van der Waals surface area contributed by atoms with Crippen LogP contribution in [0.15, 0.2) is 29.6 Å². The van der Waals surface area contributed by atoms with Crippen LogP contribution in [-0.4, -0.2) is 10.8 Å². The number of aromatic nitrogens is 1. The third kappa shape index (κ3) is 4.83. The van der Waals surface area contributed by atoms with Crippen molar-refractivity contribution in [3.8, 4) is 11.3 Å². The Balaban J connectivity index is 2.06. The van der Waals surface area contributed by atoms with Crippen molar-refractivity contribution >= 4 is 35.2 Å². The van der Waals surface area contributed by atoms with Gasteiger partial charge in [0.25, 0.3) is 0 Å². The fraction of sp³-hybridized carbons (Fsp3) is 0.471. The molecule has 0 bridgehead atoms. The molecular weight excluding hydrogens is 334 g/mol. The van der Waals surface area contributed by atoms with Crippen LogP contribution in [0.3, 0.4) is 0 Å². The Morgan fingerprint density at radius 1 is 1.23 bits per heavy atom. The van der Waals surface area contributed by atoms with Gasteiger partial charge in [-0.25, -0.2) is 0 Å². The summed E-state index contributed by atoms with van der Waals surface area (Å²) in [5.74, 6) is 0. The Morgan fingerprint density at radius 3 is 2.64 bits per heavy atom. The van der Waals surface area contributed by atoms with Crippen LogP contribution in [0.5, 0.6) is 0 Å². The topological polar surface area (TPSA) is 14.2 Å². The van der Waals surface area contributed by atoms with Crippen LogP contribution in [0.2, 0.25) is 5.02 Å². The van der Waals surface area contributed by atoms with Crippen LogP contribution in [0.4, 0.5) is 0 Å². The number of hydrogen-bond acceptors (Lipinski definition) is 3. The van der Waals surface area contributed by atoms with Crippen molar-refractivity contribution in [3.05, 3.63) is 38.6 Å². The van der Waals surface area contributed by atoms with Crippen LogP contribution in [0, 0.1) is 3.95 Å². The van der Waals surface area contributed by atoms with Gasteiger partial charge in [-0.2, -0.15) is 4.73 Å². The number of thiazole rings is 1. The third-order valence-electron chi connectivity index (χ3n) is 3.55. The van der Waals surface area contributed by atoms with Crippen molar-refractivity contribution in [1.82, 2.24) is 4.73 Å². The van der Waals surface area contributed by atoms with Crippen LogP contribution in [-0.2, 0) is 0 Å². The van der Waals surface area contributed by atoms with E-state index in [0.29, 0.717) is 0 Å². The molecule has 0 N–H and O–H groups in total. The largest absolute Gasteiger partial charge is 0.409 e. The maximum atomic E-state index is 6.07. The minimum Gasteiger partial charge on any atom is -0.409 e. The number of nitrogens with zero attached hydrogens (tertiary/aromatic N) is 1. The van der Waals surface area contributed by atoms with E-state index >= 15 is 0 Å². The SMILES string of the molecule is CCCCCC[C@H](C)On1c(-c2ccc(Cl)cc2)csc1=S. The van der Waals surface area contributed by atoms with E-state index in [9.17, 15) is 0 Å². The molecule has 0 saturated heterocycles. The van der Waals surface area contributed by atoms with E-state index in [1.807, 2.05) is 29.6 Å². The first-order valence-electron chi connectivity index (χ1n) is 7.75. The quantitative estimate of drug-likeness (QED) is 0.402. The molecule has 0 radical (unpaired) electrons. The maximum Gasteiger partial charge on any atom is 0.197 e. The van der Waals surface area contributed by atoms with Crippen LogP contribution in [0.1, 0.15) is 46.0 Å². The molecule has 0 spiro atoms. The lowest BCUT2D eigenvalue weighted by atomic mass is 10.1. The van der Waals surface area contributed by atoms with Crippen molar-refractivity contribution in [2.45, 2.75) is 52.1 Å². The van der Waals surface area contributed by atoms with Gasteiger partial charge in [-0.3, -0.25) is 0 Å². The second-order valence-corrected chi connectivity index (χ2v) is 7.39. The first kappa shape index (κ1) is 17.5. The van der Waals surface area contributed by atoms with Gasteiger partial charge in [0.2, 0.25) is 0 Å². The van der Waals surface area contributed by atoms with E-state index in [2.05, 4.69) is 13.8 Å². The Kier molecular flexibility index (Phi) is 6.93. The number of rotatable bonds is 8. The lowest BCUT2D eigenvalue weighted by Crippen LogP contribution is -2.22. The summed E-state index contributed by atoms with van der Waals surface area (Å²) in [5, 5.41) is 2.77. The normalized spacial score (nSPS) is 12.3. The Hall–Kier alpha value is -0.840. The molecule has 120 valence electrons. The zero-order valence-corrected chi connectivity index (χ0v) is 15.4. The van der Waals surface area contributed by atoms with Gasteiger partial charge >= 0.3 is 0 Å². The summed E-state index contributed by atoms with van der Waals surface area (Å²) in [6, 6.07) is 7.75. The number of hydrogen-bond donors (Lipinski definition) is 0. The van der Waals surface area contributed by atoms with Crippen molar-refractivity contribution in [2.75, 3.05) is 0 Å². The Labute approximate surface area is 146 Å². The van der Waals surface area contributed by atoms with E-state index < -0.39 is 0 Å². The molecule has 0 aliphatic rings. The summed E-state index contributed by atoms with van der Waals surface area (Å²) < 4.78 is 2.53. The summed E-state index contributed by atoms with van der Waals surface area (Å²) in [4.78, 5) is 6.07. The highest BCUT2D eigenvalue weighted by Gasteiger charge is 2.11. The molecule has 0 aliphatic carbocycles. The minimum atomic E-state index is 0.157. The maximum absolute atomic E-state index is 6.07. The highest BCUT2D eigenvalue weighted by molar-refractivity contribution is 7.73. The Morgan fingerprint density at radius 2 is 1.95 bits per heavy atom. The number of halogens is 1. The van der Waals surface area contributed by atoms with Gasteiger partial charge < -0.3 is 4.84 Å². The monoisotopic (exact) mass is 355 g/mol. The Bertz CT molecular complexity index is 633. The molecule has 1 aromatic carbocycles. The summed E-state index contributed by atoms with van der Waals surface area (Å²) >= 11 is 12.9. The van der Waals surface area contributed by atoms with Crippen LogP contribution >= 0.6 is 35.2 Å². The number of benzene rings is 1. The molecule has 0 unspecified atom stereocenters. The van der Waals surface area contributed by atoms with Gasteiger partial charge in [-0.05, 0) is 44.1 Å². The van der Waals surface area contributed by atoms with Gasteiger partial charge in [0.15, 0.2) is 3.95 Å². The lowest BCUT2D eigenvalue weighted by molar-refractivity contribution is 0.0439. The molecule has 2 aromatic rings. The molecule has 2 nitrogen and oxygen atoms in total. The number of unbranched alkanes of at least 4 members (excludes halogenated alkanes) is 3. The summed E-state index contributed by atoms with van der Waals surface area (Å²) in [7, 11) is 0. The fourth-order valence-corrected chi connectivity index (χ4v) is 3.39. The van der Waals surface area contributed by atoms with E-state index in [1.165, 1.54) is 37.0 Å². The van der Waals surface area contributed by atoms with Crippen molar-refractivity contribution in [2.24, 2.45) is 0 Å². The molecular formula is C17H22ClNOS2. The summed E-state index contributed by atoms with van der Waals surface area (Å²) in [6.45, 7) is 4.33. The molecule has 1 heterocycles. The third-order valence-corrected chi connectivity index (χ3v) is 4.96. The summed E-state index contributed by atoms with van der Waals surface area (Å²) in [6.07, 6.45) is 6.22. The van der Waals surface area contributed by atoms with Gasteiger partial charge in [0, 0.05) is 16.0 Å². The minimum absolute atomic E-state index is 0.157. The molecule has 0 amide bonds. The van der Waals surface area contributed by atoms with Crippen molar-refractivity contribution in [3.63, 3.8) is 0 Å². The molecule has 5 heteroatoms. The molecule has 2 rings (SSSR count). The van der Waals surface area contributed by atoms with Gasteiger partial charge in [-0.15, -0.1) is 11.3 Å². The molecule has 0 aliphatic heterocycles. The second-order valence-electron chi connectivity index (χ2n) is 5.45. The van der Waals surface area contributed by atoms with Crippen LogP contribution in [0.25, 0.3) is 11.3 Å². The zero-order chi connectivity index (χ0) is 15.9. The van der Waals surface area contributed by atoms with E-state index in [-0.39, 0.29) is 6.10 Å². The average molecular weight is 356 g/mol. The van der Waals surface area contributed by atoms with Gasteiger partial charge in [0.05, 0.1) is 5.69 Å². The first-order chi connectivity index (χ1) is 10.6. The van der Waals surface area contributed by atoms with Crippen molar-refractivity contribution < 1.29 is 4.84 Å². The van der Waals surface area contributed by atoms with E-state index in [0.717, 1.165) is 26.7 Å². The predicted molar refractivity (Wildman–Crippen MR) is 98.4 cm³/mol. The van der Waals surface area contributed by atoms with Crippen molar-refractivity contribution in [1.29, 1.82) is 0 Å². The van der Waals surface area contributed by atoms with Gasteiger partial charge in [-0.1, -0.05) is 49.9 Å². The molecule has 0 fully saturated rings. The molecule has 22 heavy (non-hydrogen) atoms. The first-order valence-corrected chi connectivity index (χ1v) is 9.42. The lowest BCUT2D eigenvalue weighted by Gasteiger charge is -2.17. The molecule has 0 saturated carbocycles. The van der Waals surface area contributed by atoms with E-state index in [1.54, 1.807) is 4.73 Å². The van der Waals surface area contributed by atoms with E-state index in [4.69, 9.17) is 28.7 Å². The smallest absolute Gasteiger partial charge is 0.197 e. The standard InChI is InChI=1S/C17H22ClNOS2/c1-3-4-5-6-7-13(2)20-19-16(12-22-17(19)21)14-8-10-15(18)11-9-14/h8-13H,3-7H2,1-2H3/t13-/m0/s1. The highest BCUT2D eigenvalue weighted by Crippen LogP contribution is 2.25. The fourth-order valence-electron chi connectivity index (χ4n) is 2.30. The molecule has 1 atom stereocenters. The second kappa shape index (κ2) is 8.70. The predicted octanol–water partition coefficient (Wildman–Crippen LogP) is 6.39. The zero-order valence-electron chi connectivity index (χ0n) is 13.0.